The second kappa shape index (κ2) is 7.04. The molecule has 1 heterocycles. The summed E-state index contributed by atoms with van der Waals surface area (Å²) in [5, 5.41) is 2.61. The van der Waals surface area contributed by atoms with Gasteiger partial charge in [-0.15, -0.1) is 0 Å². The second-order valence-electron chi connectivity index (χ2n) is 5.58. The van der Waals surface area contributed by atoms with Gasteiger partial charge in [0.25, 0.3) is 11.1 Å². The van der Waals surface area contributed by atoms with E-state index in [4.69, 9.17) is 4.74 Å². The van der Waals surface area contributed by atoms with E-state index >= 15 is 0 Å². The van der Waals surface area contributed by atoms with Crippen molar-refractivity contribution in [1.82, 2.24) is 4.90 Å². The Hall–Kier alpha value is -2.02. The van der Waals surface area contributed by atoms with Crippen molar-refractivity contribution in [3.05, 3.63) is 29.3 Å². The maximum absolute atomic E-state index is 11.8. The smallest absolute Gasteiger partial charge is 0.326 e. The van der Waals surface area contributed by atoms with Crippen LogP contribution >= 0.6 is 11.8 Å². The van der Waals surface area contributed by atoms with Crippen LogP contribution in [0.15, 0.2) is 18.2 Å². The number of anilines is 1. The molecule has 0 atom stereocenters. The molecule has 1 fully saturated rings. The van der Waals surface area contributed by atoms with Gasteiger partial charge in [-0.3, -0.25) is 14.4 Å². The van der Waals surface area contributed by atoms with Crippen LogP contribution in [-0.2, 0) is 27.2 Å². The van der Waals surface area contributed by atoms with Crippen LogP contribution in [0.1, 0.15) is 17.5 Å². The van der Waals surface area contributed by atoms with Gasteiger partial charge in [0.1, 0.15) is 6.54 Å². The summed E-state index contributed by atoms with van der Waals surface area (Å²) >= 11 is 1.18. The molecule has 2 aliphatic rings. The van der Waals surface area contributed by atoms with Crippen LogP contribution in [0.3, 0.4) is 0 Å². The molecular formula is C16H18N2O4S. The van der Waals surface area contributed by atoms with Gasteiger partial charge in [-0.25, -0.2) is 0 Å². The SMILES string of the molecule is O=C(COC(=O)CN1CCSC1=O)Nc1ccc2c(c1)CCC2. The van der Waals surface area contributed by atoms with Crippen molar-refractivity contribution in [3.8, 4) is 0 Å². The maximum Gasteiger partial charge on any atom is 0.326 e. The van der Waals surface area contributed by atoms with E-state index < -0.39 is 5.97 Å². The molecule has 6 nitrogen and oxygen atoms in total. The van der Waals surface area contributed by atoms with E-state index in [1.165, 1.54) is 27.8 Å². The zero-order valence-corrected chi connectivity index (χ0v) is 13.5. The molecule has 1 aliphatic carbocycles. The highest BCUT2D eigenvalue weighted by molar-refractivity contribution is 8.13. The topological polar surface area (TPSA) is 75.7 Å². The number of carbonyl (C=O) groups is 3. The van der Waals surface area contributed by atoms with Crippen molar-refractivity contribution in [3.63, 3.8) is 0 Å². The Balaban J connectivity index is 1.44. The van der Waals surface area contributed by atoms with Crippen molar-refractivity contribution in [1.29, 1.82) is 0 Å². The van der Waals surface area contributed by atoms with Crippen LogP contribution in [0.2, 0.25) is 0 Å². The number of carbonyl (C=O) groups excluding carboxylic acids is 3. The Morgan fingerprint density at radius 1 is 1.26 bits per heavy atom. The summed E-state index contributed by atoms with van der Waals surface area (Å²) in [6.07, 6.45) is 3.28. The molecule has 1 aromatic carbocycles. The first-order valence-corrected chi connectivity index (χ1v) is 8.59. The van der Waals surface area contributed by atoms with Gasteiger partial charge in [0.15, 0.2) is 6.61 Å². The van der Waals surface area contributed by atoms with E-state index in [0.29, 0.717) is 12.3 Å². The number of hydrogen-bond acceptors (Lipinski definition) is 5. The molecule has 23 heavy (non-hydrogen) atoms. The molecule has 0 unspecified atom stereocenters. The minimum Gasteiger partial charge on any atom is -0.454 e. The van der Waals surface area contributed by atoms with Gasteiger partial charge in [-0.1, -0.05) is 17.8 Å². The van der Waals surface area contributed by atoms with Crippen LogP contribution < -0.4 is 5.32 Å². The molecule has 1 aromatic rings. The van der Waals surface area contributed by atoms with Crippen molar-refractivity contribution in [2.75, 3.05) is 30.8 Å². The van der Waals surface area contributed by atoms with Crippen molar-refractivity contribution in [2.45, 2.75) is 19.3 Å². The predicted octanol–water partition coefficient (Wildman–Crippen LogP) is 1.83. The van der Waals surface area contributed by atoms with Crippen LogP contribution in [0.4, 0.5) is 10.5 Å². The molecule has 122 valence electrons. The lowest BCUT2D eigenvalue weighted by atomic mass is 10.1. The number of benzene rings is 1. The fourth-order valence-electron chi connectivity index (χ4n) is 2.76. The first-order valence-electron chi connectivity index (χ1n) is 7.61. The third kappa shape index (κ3) is 4.04. The molecule has 3 rings (SSSR count). The monoisotopic (exact) mass is 334 g/mol. The predicted molar refractivity (Wildman–Crippen MR) is 87.5 cm³/mol. The molecule has 0 radical (unpaired) electrons. The molecule has 0 bridgehead atoms. The Kier molecular flexibility index (Phi) is 4.85. The summed E-state index contributed by atoms with van der Waals surface area (Å²) in [4.78, 5) is 36.3. The van der Waals surface area contributed by atoms with E-state index in [1.807, 2.05) is 18.2 Å². The molecule has 7 heteroatoms. The van der Waals surface area contributed by atoms with Gasteiger partial charge in [0.2, 0.25) is 0 Å². The summed E-state index contributed by atoms with van der Waals surface area (Å²) in [6, 6.07) is 5.87. The van der Waals surface area contributed by atoms with Crippen molar-refractivity contribution < 1.29 is 19.1 Å². The Labute approximate surface area is 138 Å². The van der Waals surface area contributed by atoms with Gasteiger partial charge >= 0.3 is 5.97 Å². The quantitative estimate of drug-likeness (QED) is 0.832. The molecular weight excluding hydrogens is 316 g/mol. The zero-order valence-electron chi connectivity index (χ0n) is 12.7. The molecule has 1 aliphatic heterocycles. The number of rotatable bonds is 5. The highest BCUT2D eigenvalue weighted by Gasteiger charge is 2.24. The summed E-state index contributed by atoms with van der Waals surface area (Å²) in [5.74, 6) is -0.256. The number of nitrogens with one attached hydrogen (secondary N) is 1. The number of fused-ring (bicyclic) bond motifs is 1. The minimum atomic E-state index is -0.565. The van der Waals surface area contributed by atoms with Crippen molar-refractivity contribution in [2.24, 2.45) is 0 Å². The maximum atomic E-state index is 11.8. The van der Waals surface area contributed by atoms with Gasteiger partial charge < -0.3 is 15.0 Å². The summed E-state index contributed by atoms with van der Waals surface area (Å²) in [7, 11) is 0. The van der Waals surface area contributed by atoms with E-state index in [-0.39, 0.29) is 24.3 Å². The lowest BCUT2D eigenvalue weighted by Crippen LogP contribution is -2.32. The highest BCUT2D eigenvalue weighted by atomic mass is 32.2. The zero-order chi connectivity index (χ0) is 16.2. The normalized spacial score (nSPS) is 16.3. The number of amides is 2. The number of nitrogens with zero attached hydrogens (tertiary/aromatic N) is 1. The third-order valence-electron chi connectivity index (χ3n) is 3.91. The number of hydrogen-bond donors (Lipinski definition) is 1. The van der Waals surface area contributed by atoms with E-state index in [1.54, 1.807) is 0 Å². The standard InChI is InChI=1S/C16H18N2O4S/c19-14(10-22-15(20)9-18-6-7-23-16(18)21)17-13-5-4-11-2-1-3-12(11)8-13/h4-5,8H,1-3,6-7,9-10H2,(H,17,19). The summed E-state index contributed by atoms with van der Waals surface area (Å²) in [5.41, 5.74) is 3.32. The van der Waals surface area contributed by atoms with Crippen LogP contribution in [-0.4, -0.2) is 47.5 Å². The highest BCUT2D eigenvalue weighted by Crippen LogP contribution is 2.24. The largest absolute Gasteiger partial charge is 0.454 e. The van der Waals surface area contributed by atoms with Crippen LogP contribution in [0.5, 0.6) is 0 Å². The lowest BCUT2D eigenvalue weighted by molar-refractivity contribution is -0.147. The fourth-order valence-corrected chi connectivity index (χ4v) is 3.59. The fraction of sp³-hybridized carbons (Fsp3) is 0.438. The molecule has 0 aromatic heterocycles. The van der Waals surface area contributed by atoms with E-state index in [9.17, 15) is 14.4 Å². The second-order valence-corrected chi connectivity index (χ2v) is 6.63. The van der Waals surface area contributed by atoms with Crippen LogP contribution in [0, 0.1) is 0 Å². The molecule has 0 saturated carbocycles. The summed E-state index contributed by atoms with van der Waals surface area (Å²) in [6.45, 7) is 0.100. The number of aryl methyl sites for hydroxylation is 2. The number of ether oxygens (including phenoxy) is 1. The van der Waals surface area contributed by atoms with E-state index in [2.05, 4.69) is 5.32 Å². The minimum absolute atomic E-state index is 0.0992. The first kappa shape index (κ1) is 15.9. The van der Waals surface area contributed by atoms with Crippen LogP contribution in [0.25, 0.3) is 0 Å². The molecule has 1 saturated heterocycles. The average Bonchev–Trinajstić information content (AvgIpc) is 3.14. The molecule has 1 N–H and O–H groups in total. The van der Waals surface area contributed by atoms with Gasteiger partial charge in [0, 0.05) is 18.0 Å². The Bertz CT molecular complexity index is 647. The number of thioether (sulfide) groups is 1. The Morgan fingerprint density at radius 3 is 2.87 bits per heavy atom. The first-order chi connectivity index (χ1) is 11.1. The lowest BCUT2D eigenvalue weighted by Gasteiger charge is -2.13. The van der Waals surface area contributed by atoms with Gasteiger partial charge in [-0.05, 0) is 42.5 Å². The van der Waals surface area contributed by atoms with Gasteiger partial charge in [0.05, 0.1) is 0 Å². The average molecular weight is 334 g/mol. The van der Waals surface area contributed by atoms with E-state index in [0.717, 1.165) is 24.9 Å². The third-order valence-corrected chi connectivity index (χ3v) is 4.80. The summed E-state index contributed by atoms with van der Waals surface area (Å²) < 4.78 is 4.92. The molecule has 0 spiro atoms. The molecule has 2 amide bonds. The van der Waals surface area contributed by atoms with Gasteiger partial charge in [-0.2, -0.15) is 0 Å². The number of esters is 1. The Morgan fingerprint density at radius 2 is 2.09 bits per heavy atom. The van der Waals surface area contributed by atoms with Crippen molar-refractivity contribution >= 4 is 34.6 Å².